The van der Waals surface area contributed by atoms with E-state index >= 15 is 0 Å². The Kier molecular flexibility index (Phi) is 15.3. The minimum absolute atomic E-state index is 1.27. The molecule has 0 aliphatic rings. The number of hydrogen-bond acceptors (Lipinski definition) is 8. The number of hydrogen-bond donors (Lipinski definition) is 0. The van der Waals surface area contributed by atoms with E-state index in [0.29, 0.717) is 0 Å². The molecule has 0 N–H and O–H groups in total. The van der Waals surface area contributed by atoms with E-state index in [1.54, 1.807) is 0 Å². The van der Waals surface area contributed by atoms with Gasteiger partial charge in [0.1, 0.15) is 47.5 Å². The third-order valence-corrected chi connectivity index (χ3v) is 8.85. The van der Waals surface area contributed by atoms with Crippen molar-refractivity contribution in [2.45, 2.75) is 83.1 Å². The number of nitrogens with zero attached hydrogens (tertiary/aromatic N) is 4. The van der Waals surface area contributed by atoms with Crippen LogP contribution in [0.3, 0.4) is 0 Å². The zero-order valence-corrected chi connectivity index (χ0v) is 35.4. The Morgan fingerprint density at radius 1 is 0.357 bits per heavy atom. The molecule has 0 saturated heterocycles. The number of aromatic nitrogens is 4. The van der Waals surface area contributed by atoms with Gasteiger partial charge < -0.3 is 0 Å². The fourth-order valence-electron chi connectivity index (χ4n) is 7.56. The van der Waals surface area contributed by atoms with Crippen LogP contribution in [0.15, 0.2) is 86.0 Å². The predicted molar refractivity (Wildman–Crippen MR) is 191 cm³/mol. The molecule has 6 rings (SSSR count). The molecule has 2 aromatic heterocycles. The summed E-state index contributed by atoms with van der Waals surface area (Å²) in [5.41, 5.74) is 20.8. The highest BCUT2D eigenvalue weighted by atomic mass is 35.7. The van der Waals surface area contributed by atoms with Crippen LogP contribution < -0.4 is 46.4 Å². The van der Waals surface area contributed by atoms with Gasteiger partial charge >= 0.3 is 0 Å². The normalized spacial score (nSPS) is 11.2. The van der Waals surface area contributed by atoms with Crippen molar-refractivity contribution in [1.82, 2.24) is 9.13 Å². The van der Waals surface area contributed by atoms with Gasteiger partial charge in [0.05, 0.1) is 0 Å². The minimum atomic E-state index is -4.94. The highest BCUT2D eigenvalue weighted by Crippen LogP contribution is 2.23. The Labute approximate surface area is 333 Å². The van der Waals surface area contributed by atoms with E-state index in [1.165, 1.54) is 89.5 Å². The molecule has 0 aliphatic heterocycles. The molecule has 0 aliphatic carbocycles. The van der Waals surface area contributed by atoms with Crippen LogP contribution in [0.4, 0.5) is 0 Å². The van der Waals surface area contributed by atoms with Crippen molar-refractivity contribution >= 4 is 0 Å². The molecule has 300 valence electrons. The summed E-state index contributed by atoms with van der Waals surface area (Å²) in [5, 5.41) is 0. The lowest BCUT2D eigenvalue weighted by Gasteiger charge is -2.17. The first-order chi connectivity index (χ1) is 25.7. The predicted octanol–water partition coefficient (Wildman–Crippen LogP) is -0.303. The highest BCUT2D eigenvalue weighted by Gasteiger charge is 2.18. The lowest BCUT2D eigenvalue weighted by Crippen LogP contribution is -2.68. The van der Waals surface area contributed by atoms with Gasteiger partial charge in [-0.05, 0) is 128 Å². The second-order valence-electron chi connectivity index (χ2n) is 14.2. The molecule has 0 spiro atoms. The van der Waals surface area contributed by atoms with Gasteiger partial charge in [0.15, 0.2) is 0 Å². The fourth-order valence-corrected chi connectivity index (χ4v) is 7.56. The molecule has 14 heteroatoms. The van der Waals surface area contributed by atoms with Crippen molar-refractivity contribution in [3.05, 3.63) is 153 Å². The Morgan fingerprint density at radius 2 is 0.554 bits per heavy atom. The molecule has 12 nitrogen and oxygen atoms in total. The molecule has 56 heavy (non-hydrogen) atoms. The summed E-state index contributed by atoms with van der Waals surface area (Å²) in [5.74, 6) is 0. The van der Waals surface area contributed by atoms with Gasteiger partial charge in [0, 0.05) is 0 Å². The summed E-state index contributed by atoms with van der Waals surface area (Å²) >= 11 is 0. The molecule has 0 bridgehead atoms. The van der Waals surface area contributed by atoms with Crippen molar-refractivity contribution in [3.63, 3.8) is 0 Å². The molecule has 0 saturated carbocycles. The highest BCUT2D eigenvalue weighted by molar-refractivity contribution is 5.50. The third kappa shape index (κ3) is 13.4. The maximum absolute atomic E-state index is 8.49. The number of benzene rings is 4. The average molecular weight is 810 g/mol. The van der Waals surface area contributed by atoms with Crippen LogP contribution in [-0.4, -0.2) is 9.13 Å². The van der Waals surface area contributed by atoms with Gasteiger partial charge in [-0.1, -0.05) is 70.8 Å². The lowest BCUT2D eigenvalue weighted by molar-refractivity contribution is -2.00. The van der Waals surface area contributed by atoms with Crippen molar-refractivity contribution in [3.8, 4) is 22.7 Å². The molecule has 0 unspecified atom stereocenters. The van der Waals surface area contributed by atoms with E-state index in [-0.39, 0.29) is 0 Å². The summed E-state index contributed by atoms with van der Waals surface area (Å²) in [4.78, 5) is 0. The second kappa shape index (κ2) is 18.7. The SMILES string of the molecule is Cc1cc(C)c(-n2cc[n+](-c3c(C)cc(C)cc3C)c2)c(C)c1.Cc1cc(C)c(-n2cc[n+](-c3c(C)cc(C)cc3C)c2)c(C)c1.[O-][Cl+3]([O-])([O-])[O-].[O-][Cl+3]([O-])([O-])[O-]. The van der Waals surface area contributed by atoms with E-state index in [0.717, 1.165) is 0 Å². The number of halogens is 2. The first kappa shape index (κ1) is 45.9. The van der Waals surface area contributed by atoms with E-state index in [2.05, 4.69) is 187 Å². The molecule has 0 radical (unpaired) electrons. The number of aryl methyl sites for hydroxylation is 12. The first-order valence-electron chi connectivity index (χ1n) is 17.5. The first-order valence-corrected chi connectivity index (χ1v) is 19.9. The molecule has 6 aromatic rings. The van der Waals surface area contributed by atoms with Crippen LogP contribution in [0.5, 0.6) is 0 Å². The number of imidazole rings is 2. The lowest BCUT2D eigenvalue weighted by atomic mass is 10.0. The maximum Gasteiger partial charge on any atom is 0.254 e. The third-order valence-electron chi connectivity index (χ3n) is 8.85. The monoisotopic (exact) mass is 808 g/mol. The van der Waals surface area contributed by atoms with Gasteiger partial charge in [-0.15, -0.1) is 20.5 Å². The summed E-state index contributed by atoms with van der Waals surface area (Å²) in [7, 11) is -9.89. The van der Waals surface area contributed by atoms with Gasteiger partial charge in [0.2, 0.25) is 0 Å². The van der Waals surface area contributed by atoms with Crippen LogP contribution in [0, 0.1) is 104 Å². The molecule has 2 heterocycles. The van der Waals surface area contributed by atoms with Crippen molar-refractivity contribution in [2.24, 2.45) is 0 Å². The fraction of sp³-hybridized carbons (Fsp3) is 0.286. The van der Waals surface area contributed by atoms with Crippen LogP contribution in [0.25, 0.3) is 22.7 Å². The standard InChI is InChI=1S/2C21H25N2.2ClHO4/c2*1-14-9-16(3)20(17(4)10-14)22-7-8-23(13-22)21-18(5)11-15(2)12-19(21)6;2*2-1(3,4)5/h2*7-13H,1-6H3;2*(H,2,3,4,5)/q2*+1;;/p-2. The quantitative estimate of drug-likeness (QED) is 0.216. The van der Waals surface area contributed by atoms with E-state index in [4.69, 9.17) is 37.3 Å². The zero-order chi connectivity index (χ0) is 42.4. The van der Waals surface area contributed by atoms with Crippen LogP contribution >= 0.6 is 0 Å². The minimum Gasteiger partial charge on any atom is -0.222 e. The van der Waals surface area contributed by atoms with Crippen molar-refractivity contribution in [2.75, 3.05) is 0 Å². The zero-order valence-electron chi connectivity index (χ0n) is 33.9. The van der Waals surface area contributed by atoms with Gasteiger partial charge in [-0.2, -0.15) is 0 Å². The van der Waals surface area contributed by atoms with E-state index in [1.807, 2.05) is 0 Å². The molecule has 0 fully saturated rings. The summed E-state index contributed by atoms with van der Waals surface area (Å²) in [6, 6.07) is 18.0. The summed E-state index contributed by atoms with van der Waals surface area (Å²) in [6.45, 7) is 26.1. The van der Waals surface area contributed by atoms with Crippen molar-refractivity contribution < 1.29 is 66.9 Å². The largest absolute Gasteiger partial charge is 0.254 e. The molecular formula is C42H50Cl2N4O8. The Balaban J connectivity index is 0.000000242. The summed E-state index contributed by atoms with van der Waals surface area (Å²) in [6.07, 6.45) is 12.9. The molecular weight excluding hydrogens is 759 g/mol. The number of rotatable bonds is 4. The smallest absolute Gasteiger partial charge is 0.222 e. The average Bonchev–Trinajstić information content (AvgIpc) is 3.64. The van der Waals surface area contributed by atoms with Crippen LogP contribution in [0.1, 0.15) is 66.8 Å². The van der Waals surface area contributed by atoms with Gasteiger partial charge in [-0.25, -0.2) is 55.5 Å². The van der Waals surface area contributed by atoms with E-state index in [9.17, 15) is 0 Å². The molecule has 0 atom stereocenters. The van der Waals surface area contributed by atoms with Gasteiger partial charge in [-0.3, -0.25) is 0 Å². The topological polar surface area (TPSA) is 202 Å². The maximum atomic E-state index is 8.49. The second-order valence-corrected chi connectivity index (χ2v) is 15.7. The Morgan fingerprint density at radius 3 is 0.768 bits per heavy atom. The van der Waals surface area contributed by atoms with Crippen LogP contribution in [0.2, 0.25) is 0 Å². The Hall–Kier alpha value is -4.44. The van der Waals surface area contributed by atoms with E-state index < -0.39 is 20.5 Å². The molecule has 0 amide bonds. The van der Waals surface area contributed by atoms with Gasteiger partial charge in [0.25, 0.3) is 12.7 Å². The van der Waals surface area contributed by atoms with Crippen LogP contribution in [-0.2, 0) is 0 Å². The molecule has 4 aromatic carbocycles. The van der Waals surface area contributed by atoms with Crippen molar-refractivity contribution in [1.29, 1.82) is 0 Å². The summed E-state index contributed by atoms with van der Waals surface area (Å²) < 4.78 is 76.8. The Bertz CT molecular complexity index is 1890.